The van der Waals surface area contributed by atoms with Gasteiger partial charge in [0, 0.05) is 51.4 Å². The molecule has 1 N–H and O–H groups in total. The van der Waals surface area contributed by atoms with Crippen molar-refractivity contribution in [2.45, 2.75) is 39.8 Å². The Labute approximate surface area is 143 Å². The summed E-state index contributed by atoms with van der Waals surface area (Å²) in [6.07, 6.45) is 2.49. The summed E-state index contributed by atoms with van der Waals surface area (Å²) < 4.78 is 5.66. The van der Waals surface area contributed by atoms with Crippen molar-refractivity contribution >= 4 is 11.9 Å². The minimum Gasteiger partial charge on any atom is -0.475 e. The second-order valence-electron chi connectivity index (χ2n) is 6.14. The molecule has 0 radical (unpaired) electrons. The van der Waals surface area contributed by atoms with Crippen molar-refractivity contribution in [3.05, 3.63) is 23.9 Å². The number of amides is 3. The van der Waals surface area contributed by atoms with E-state index in [1.54, 1.807) is 22.9 Å². The van der Waals surface area contributed by atoms with Gasteiger partial charge < -0.3 is 19.9 Å². The van der Waals surface area contributed by atoms with Gasteiger partial charge in [0.15, 0.2) is 0 Å². The number of rotatable bonds is 4. The van der Waals surface area contributed by atoms with Crippen molar-refractivity contribution in [2.75, 3.05) is 26.2 Å². The molecule has 0 atom stereocenters. The molecule has 1 aromatic rings. The predicted octanol–water partition coefficient (Wildman–Crippen LogP) is 1.63. The van der Waals surface area contributed by atoms with Crippen LogP contribution in [-0.4, -0.2) is 59.0 Å². The lowest BCUT2D eigenvalue weighted by Crippen LogP contribution is -2.42. The van der Waals surface area contributed by atoms with Gasteiger partial charge in [-0.3, -0.25) is 4.79 Å². The topological polar surface area (TPSA) is 74.8 Å². The maximum atomic E-state index is 12.4. The molecule has 1 aromatic heterocycles. The molecule has 0 saturated carbocycles. The van der Waals surface area contributed by atoms with E-state index in [1.165, 1.54) is 0 Å². The van der Waals surface area contributed by atoms with Crippen LogP contribution in [0.15, 0.2) is 18.3 Å². The van der Waals surface area contributed by atoms with Crippen LogP contribution in [0.1, 0.15) is 32.8 Å². The van der Waals surface area contributed by atoms with Crippen molar-refractivity contribution in [3.63, 3.8) is 0 Å². The number of aromatic nitrogens is 1. The molecular weight excluding hydrogens is 308 g/mol. The molecule has 3 amide bonds. The van der Waals surface area contributed by atoms with Gasteiger partial charge in [0.1, 0.15) is 0 Å². The first-order chi connectivity index (χ1) is 11.5. The summed E-state index contributed by atoms with van der Waals surface area (Å²) >= 11 is 0. The summed E-state index contributed by atoms with van der Waals surface area (Å²) in [5, 5.41) is 2.92. The number of carbonyl (C=O) groups excluding carboxylic acids is 2. The van der Waals surface area contributed by atoms with E-state index < -0.39 is 0 Å². The molecule has 2 heterocycles. The molecular formula is C17H26N4O3. The Kier molecular flexibility index (Phi) is 6.40. The Bertz CT molecular complexity index is 577. The fourth-order valence-electron chi connectivity index (χ4n) is 2.61. The summed E-state index contributed by atoms with van der Waals surface area (Å²) in [6, 6.07) is 3.59. The third-order valence-corrected chi connectivity index (χ3v) is 3.86. The SMILES string of the molecule is CC(=O)N1CCCN(C(=O)NCc2cccnc2OC(C)C)CC1. The summed E-state index contributed by atoms with van der Waals surface area (Å²) in [5.41, 5.74) is 0.847. The molecule has 0 unspecified atom stereocenters. The van der Waals surface area contributed by atoms with Crippen molar-refractivity contribution < 1.29 is 14.3 Å². The normalized spacial score (nSPS) is 15.2. The molecule has 0 aromatic carbocycles. The molecule has 7 heteroatoms. The maximum absolute atomic E-state index is 12.4. The Balaban J connectivity index is 1.90. The molecule has 2 rings (SSSR count). The van der Waals surface area contributed by atoms with Gasteiger partial charge in [-0.1, -0.05) is 6.07 Å². The number of carbonyl (C=O) groups is 2. The molecule has 1 fully saturated rings. The van der Waals surface area contributed by atoms with E-state index in [-0.39, 0.29) is 18.0 Å². The quantitative estimate of drug-likeness (QED) is 0.908. The van der Waals surface area contributed by atoms with Crippen LogP contribution in [0.25, 0.3) is 0 Å². The Hall–Kier alpha value is -2.31. The monoisotopic (exact) mass is 334 g/mol. The van der Waals surface area contributed by atoms with E-state index in [9.17, 15) is 9.59 Å². The van der Waals surface area contributed by atoms with Crippen LogP contribution >= 0.6 is 0 Å². The molecule has 0 aliphatic carbocycles. The Morgan fingerprint density at radius 2 is 1.96 bits per heavy atom. The van der Waals surface area contributed by atoms with Gasteiger partial charge in [0.25, 0.3) is 0 Å². The smallest absolute Gasteiger partial charge is 0.317 e. The molecule has 1 aliphatic rings. The lowest BCUT2D eigenvalue weighted by atomic mass is 10.2. The molecule has 132 valence electrons. The third-order valence-electron chi connectivity index (χ3n) is 3.86. The highest BCUT2D eigenvalue weighted by atomic mass is 16.5. The molecule has 7 nitrogen and oxygen atoms in total. The van der Waals surface area contributed by atoms with Gasteiger partial charge in [-0.2, -0.15) is 0 Å². The summed E-state index contributed by atoms with van der Waals surface area (Å²) in [7, 11) is 0. The standard InChI is InChI=1S/C17H26N4O3/c1-13(2)24-16-15(6-4-7-18-16)12-19-17(23)21-9-5-8-20(10-11-21)14(3)22/h4,6-7,13H,5,8-12H2,1-3H3,(H,19,23). The van der Waals surface area contributed by atoms with E-state index in [0.717, 1.165) is 12.0 Å². The summed E-state index contributed by atoms with van der Waals surface area (Å²) in [5.74, 6) is 0.606. The average molecular weight is 334 g/mol. The number of urea groups is 1. The highest BCUT2D eigenvalue weighted by Gasteiger charge is 2.20. The van der Waals surface area contributed by atoms with E-state index in [0.29, 0.717) is 38.6 Å². The zero-order chi connectivity index (χ0) is 17.5. The van der Waals surface area contributed by atoms with Crippen LogP contribution in [0.5, 0.6) is 5.88 Å². The number of nitrogens with one attached hydrogen (secondary N) is 1. The Morgan fingerprint density at radius 3 is 2.67 bits per heavy atom. The highest BCUT2D eigenvalue weighted by molar-refractivity contribution is 5.75. The van der Waals surface area contributed by atoms with Crippen LogP contribution in [0.3, 0.4) is 0 Å². The molecule has 1 aliphatic heterocycles. The van der Waals surface area contributed by atoms with E-state index in [1.807, 2.05) is 26.0 Å². The zero-order valence-corrected chi connectivity index (χ0v) is 14.6. The fraction of sp³-hybridized carbons (Fsp3) is 0.588. The van der Waals surface area contributed by atoms with E-state index in [4.69, 9.17) is 4.74 Å². The van der Waals surface area contributed by atoms with Crippen molar-refractivity contribution in [1.82, 2.24) is 20.1 Å². The summed E-state index contributed by atoms with van der Waals surface area (Å²) in [6.45, 7) is 8.29. The second-order valence-corrected chi connectivity index (χ2v) is 6.14. The van der Waals surface area contributed by atoms with Crippen LogP contribution in [0.4, 0.5) is 4.79 Å². The molecule has 0 bridgehead atoms. The second kappa shape index (κ2) is 8.52. The van der Waals surface area contributed by atoms with Gasteiger partial charge in [-0.15, -0.1) is 0 Å². The van der Waals surface area contributed by atoms with Crippen LogP contribution in [-0.2, 0) is 11.3 Å². The minimum atomic E-state index is -0.125. The van der Waals surface area contributed by atoms with Gasteiger partial charge in [0.05, 0.1) is 6.10 Å². The number of hydrogen-bond acceptors (Lipinski definition) is 4. The van der Waals surface area contributed by atoms with Gasteiger partial charge >= 0.3 is 6.03 Å². The molecule has 0 spiro atoms. The van der Waals surface area contributed by atoms with Gasteiger partial charge in [-0.25, -0.2) is 9.78 Å². The van der Waals surface area contributed by atoms with Crippen molar-refractivity contribution in [1.29, 1.82) is 0 Å². The molecule has 24 heavy (non-hydrogen) atoms. The molecule has 1 saturated heterocycles. The number of ether oxygens (including phenoxy) is 1. The average Bonchev–Trinajstić information content (AvgIpc) is 2.79. The zero-order valence-electron chi connectivity index (χ0n) is 14.6. The lowest BCUT2D eigenvalue weighted by Gasteiger charge is -2.22. The van der Waals surface area contributed by atoms with E-state index in [2.05, 4.69) is 10.3 Å². The third kappa shape index (κ3) is 5.11. The van der Waals surface area contributed by atoms with Crippen LogP contribution < -0.4 is 10.1 Å². The highest BCUT2D eigenvalue weighted by Crippen LogP contribution is 2.15. The number of nitrogens with zero attached hydrogens (tertiary/aromatic N) is 3. The van der Waals surface area contributed by atoms with Crippen molar-refractivity contribution in [2.24, 2.45) is 0 Å². The Morgan fingerprint density at radius 1 is 1.25 bits per heavy atom. The maximum Gasteiger partial charge on any atom is 0.317 e. The van der Waals surface area contributed by atoms with Gasteiger partial charge in [0.2, 0.25) is 11.8 Å². The summed E-state index contributed by atoms with van der Waals surface area (Å²) in [4.78, 5) is 31.6. The lowest BCUT2D eigenvalue weighted by molar-refractivity contribution is -0.128. The van der Waals surface area contributed by atoms with Crippen LogP contribution in [0, 0.1) is 0 Å². The number of pyridine rings is 1. The predicted molar refractivity (Wildman–Crippen MR) is 90.7 cm³/mol. The number of hydrogen-bond donors (Lipinski definition) is 1. The first kappa shape index (κ1) is 18.0. The minimum absolute atomic E-state index is 0.0255. The first-order valence-corrected chi connectivity index (χ1v) is 8.36. The first-order valence-electron chi connectivity index (χ1n) is 8.36. The fourth-order valence-corrected chi connectivity index (χ4v) is 2.61. The van der Waals surface area contributed by atoms with Crippen LogP contribution in [0.2, 0.25) is 0 Å². The van der Waals surface area contributed by atoms with Crippen molar-refractivity contribution in [3.8, 4) is 5.88 Å². The van der Waals surface area contributed by atoms with Gasteiger partial charge in [-0.05, 0) is 26.3 Å². The largest absolute Gasteiger partial charge is 0.475 e. The van der Waals surface area contributed by atoms with E-state index >= 15 is 0 Å².